The highest BCUT2D eigenvalue weighted by molar-refractivity contribution is 7.90. The van der Waals surface area contributed by atoms with Crippen molar-refractivity contribution in [3.8, 4) is 0 Å². The van der Waals surface area contributed by atoms with Gasteiger partial charge in [0.1, 0.15) is 9.84 Å². The van der Waals surface area contributed by atoms with E-state index in [1.54, 1.807) is 0 Å². The second-order valence-corrected chi connectivity index (χ2v) is 6.25. The molecule has 18 heavy (non-hydrogen) atoms. The summed E-state index contributed by atoms with van der Waals surface area (Å²) in [5.74, 6) is 0.0129. The second kappa shape index (κ2) is 5.60. The lowest BCUT2D eigenvalue weighted by atomic mass is 10.2. The highest BCUT2D eigenvalue weighted by Crippen LogP contribution is 2.30. The van der Waals surface area contributed by atoms with E-state index in [1.807, 2.05) is 0 Å². The number of anilines is 1. The van der Waals surface area contributed by atoms with Gasteiger partial charge in [-0.2, -0.15) is 13.2 Å². The zero-order chi connectivity index (χ0) is 13.8. The van der Waals surface area contributed by atoms with Crippen LogP contribution in [0.4, 0.5) is 18.9 Å². The Labute approximate surface area is 104 Å². The molecular weight excluding hydrogens is 267 g/mol. The minimum Gasteiger partial charge on any atom is -0.385 e. The van der Waals surface area contributed by atoms with Crippen molar-refractivity contribution in [3.63, 3.8) is 0 Å². The third-order valence-electron chi connectivity index (χ3n) is 2.21. The fourth-order valence-electron chi connectivity index (χ4n) is 1.37. The maximum atomic E-state index is 12.4. The lowest BCUT2D eigenvalue weighted by molar-refractivity contribution is -0.137. The van der Waals surface area contributed by atoms with Gasteiger partial charge in [-0.1, -0.05) is 6.07 Å². The van der Waals surface area contributed by atoms with Crippen molar-refractivity contribution in [2.75, 3.05) is 23.9 Å². The largest absolute Gasteiger partial charge is 0.416 e. The molecule has 0 aromatic heterocycles. The van der Waals surface area contributed by atoms with Gasteiger partial charge >= 0.3 is 6.18 Å². The van der Waals surface area contributed by atoms with Crippen LogP contribution in [0.3, 0.4) is 0 Å². The SMILES string of the molecule is CS(=O)(=O)CCCNc1cccc(C(F)(F)F)c1. The molecule has 0 amide bonds. The fraction of sp³-hybridized carbons (Fsp3) is 0.455. The molecule has 0 heterocycles. The minimum atomic E-state index is -4.37. The topological polar surface area (TPSA) is 46.2 Å². The van der Waals surface area contributed by atoms with Crippen molar-refractivity contribution in [3.05, 3.63) is 29.8 Å². The Morgan fingerprint density at radius 3 is 2.50 bits per heavy atom. The number of alkyl halides is 3. The summed E-state index contributed by atoms with van der Waals surface area (Å²) in [4.78, 5) is 0. The van der Waals surface area contributed by atoms with Crippen LogP contribution in [0, 0.1) is 0 Å². The highest BCUT2D eigenvalue weighted by atomic mass is 32.2. The number of benzene rings is 1. The van der Waals surface area contributed by atoms with Crippen LogP contribution in [-0.4, -0.2) is 27.0 Å². The average Bonchev–Trinajstić information content (AvgIpc) is 2.22. The third kappa shape index (κ3) is 5.39. The summed E-state index contributed by atoms with van der Waals surface area (Å²) >= 11 is 0. The first-order valence-corrected chi connectivity index (χ1v) is 7.33. The normalized spacial score (nSPS) is 12.4. The first kappa shape index (κ1) is 14.8. The molecule has 0 saturated heterocycles. The molecule has 1 aromatic rings. The summed E-state index contributed by atoms with van der Waals surface area (Å²) in [6.45, 7) is 0.314. The van der Waals surface area contributed by atoms with E-state index in [2.05, 4.69) is 5.32 Å². The van der Waals surface area contributed by atoms with E-state index in [4.69, 9.17) is 0 Å². The predicted molar refractivity (Wildman–Crippen MR) is 64.3 cm³/mol. The molecule has 0 saturated carbocycles. The lowest BCUT2D eigenvalue weighted by Crippen LogP contribution is -2.10. The van der Waals surface area contributed by atoms with Gasteiger partial charge in [0.15, 0.2) is 0 Å². The number of rotatable bonds is 5. The summed E-state index contributed by atoms with van der Waals surface area (Å²) < 4.78 is 58.9. The molecule has 0 aliphatic rings. The average molecular weight is 281 g/mol. The third-order valence-corrected chi connectivity index (χ3v) is 3.24. The molecular formula is C11H14F3NO2S. The molecule has 0 spiro atoms. The van der Waals surface area contributed by atoms with Crippen molar-refractivity contribution in [1.29, 1.82) is 0 Å². The van der Waals surface area contributed by atoms with Crippen molar-refractivity contribution in [1.82, 2.24) is 0 Å². The smallest absolute Gasteiger partial charge is 0.385 e. The van der Waals surface area contributed by atoms with E-state index in [1.165, 1.54) is 12.1 Å². The molecule has 1 aromatic carbocycles. The van der Waals surface area contributed by atoms with Gasteiger partial charge in [0, 0.05) is 18.5 Å². The Morgan fingerprint density at radius 2 is 1.94 bits per heavy atom. The molecule has 0 atom stereocenters. The maximum Gasteiger partial charge on any atom is 0.416 e. The first-order chi connectivity index (χ1) is 8.18. The molecule has 3 nitrogen and oxygen atoms in total. The molecule has 0 unspecified atom stereocenters. The molecule has 1 N–H and O–H groups in total. The van der Waals surface area contributed by atoms with Gasteiger partial charge in [0.2, 0.25) is 0 Å². The van der Waals surface area contributed by atoms with Crippen LogP contribution >= 0.6 is 0 Å². The van der Waals surface area contributed by atoms with Gasteiger partial charge < -0.3 is 5.32 Å². The van der Waals surface area contributed by atoms with Crippen molar-refractivity contribution in [2.45, 2.75) is 12.6 Å². The van der Waals surface area contributed by atoms with Crippen LogP contribution in [0.1, 0.15) is 12.0 Å². The molecule has 0 bridgehead atoms. The summed E-state index contributed by atoms with van der Waals surface area (Å²) in [5.41, 5.74) is -0.395. The summed E-state index contributed by atoms with van der Waals surface area (Å²) in [6.07, 6.45) is -2.89. The predicted octanol–water partition coefficient (Wildman–Crippen LogP) is 2.55. The van der Waals surface area contributed by atoms with Gasteiger partial charge in [0.25, 0.3) is 0 Å². The van der Waals surface area contributed by atoms with Crippen molar-refractivity contribution < 1.29 is 21.6 Å². The molecule has 0 aliphatic carbocycles. The first-order valence-electron chi connectivity index (χ1n) is 5.27. The standard InChI is InChI=1S/C11H14F3NO2S/c1-18(16,17)7-3-6-15-10-5-2-4-9(8-10)11(12,13)14/h2,4-5,8,15H,3,6-7H2,1H3. The van der Waals surface area contributed by atoms with Crippen molar-refractivity contribution in [2.24, 2.45) is 0 Å². The van der Waals surface area contributed by atoms with Crippen molar-refractivity contribution >= 4 is 15.5 Å². The van der Waals surface area contributed by atoms with E-state index < -0.39 is 21.6 Å². The number of halogens is 3. The molecule has 7 heteroatoms. The Hall–Kier alpha value is -1.24. The summed E-state index contributed by atoms with van der Waals surface area (Å²) in [6, 6.07) is 4.81. The summed E-state index contributed by atoms with van der Waals surface area (Å²) in [7, 11) is -3.03. The van der Waals surface area contributed by atoms with E-state index in [0.717, 1.165) is 18.4 Å². The number of hydrogen-bond acceptors (Lipinski definition) is 3. The lowest BCUT2D eigenvalue weighted by Gasteiger charge is -2.10. The van der Waals surface area contributed by atoms with Crippen LogP contribution in [0.15, 0.2) is 24.3 Å². The molecule has 0 radical (unpaired) electrons. The Bertz CT molecular complexity index is 497. The van der Waals surface area contributed by atoms with E-state index in [9.17, 15) is 21.6 Å². The van der Waals surface area contributed by atoms with Crippen LogP contribution in [0.25, 0.3) is 0 Å². The zero-order valence-corrected chi connectivity index (χ0v) is 10.6. The Morgan fingerprint density at radius 1 is 1.28 bits per heavy atom. The second-order valence-electron chi connectivity index (χ2n) is 3.99. The van der Waals surface area contributed by atoms with E-state index in [-0.39, 0.29) is 5.75 Å². The van der Waals surface area contributed by atoms with Crippen LogP contribution < -0.4 is 5.32 Å². The van der Waals surface area contributed by atoms with E-state index in [0.29, 0.717) is 18.7 Å². The Kier molecular flexibility index (Phi) is 4.61. The number of sulfone groups is 1. The molecule has 1 rings (SSSR count). The minimum absolute atomic E-state index is 0.0129. The van der Waals surface area contributed by atoms with Crippen LogP contribution in [-0.2, 0) is 16.0 Å². The maximum absolute atomic E-state index is 12.4. The van der Waals surface area contributed by atoms with Gasteiger partial charge in [-0.15, -0.1) is 0 Å². The molecule has 0 fully saturated rings. The van der Waals surface area contributed by atoms with Gasteiger partial charge in [-0.3, -0.25) is 0 Å². The van der Waals surface area contributed by atoms with E-state index >= 15 is 0 Å². The number of hydrogen-bond donors (Lipinski definition) is 1. The monoisotopic (exact) mass is 281 g/mol. The van der Waals surface area contributed by atoms with Crippen LogP contribution in [0.2, 0.25) is 0 Å². The summed E-state index contributed by atoms with van der Waals surface area (Å²) in [5, 5.41) is 2.77. The Balaban J connectivity index is 2.53. The molecule has 0 aliphatic heterocycles. The fourth-order valence-corrected chi connectivity index (χ4v) is 2.04. The molecule has 102 valence electrons. The highest BCUT2D eigenvalue weighted by Gasteiger charge is 2.30. The van der Waals surface area contributed by atoms with Crippen LogP contribution in [0.5, 0.6) is 0 Å². The van der Waals surface area contributed by atoms with Gasteiger partial charge in [-0.05, 0) is 24.6 Å². The van der Waals surface area contributed by atoms with Gasteiger partial charge in [0.05, 0.1) is 11.3 Å². The number of nitrogens with one attached hydrogen (secondary N) is 1. The quantitative estimate of drug-likeness (QED) is 0.844. The zero-order valence-electron chi connectivity index (χ0n) is 9.79. The van der Waals surface area contributed by atoms with Gasteiger partial charge in [-0.25, -0.2) is 8.42 Å².